The minimum Gasteiger partial charge on any atom is -0.494 e. The Hall–Kier alpha value is -2.55. The van der Waals surface area contributed by atoms with Crippen LogP contribution >= 0.6 is 0 Å². The maximum Gasteiger partial charge on any atom is 0.119 e. The molecule has 23 heavy (non-hydrogen) atoms. The molecule has 0 radical (unpaired) electrons. The van der Waals surface area contributed by atoms with Gasteiger partial charge in [-0.15, -0.1) is 0 Å². The number of imidazole rings is 1. The number of rotatable bonds is 7. The summed E-state index contributed by atoms with van der Waals surface area (Å²) in [4.78, 5) is 4.31. The van der Waals surface area contributed by atoms with Crippen LogP contribution < -0.4 is 4.74 Å². The van der Waals surface area contributed by atoms with Crippen molar-refractivity contribution in [3.63, 3.8) is 0 Å². The largest absolute Gasteiger partial charge is 0.494 e. The lowest BCUT2D eigenvalue weighted by Crippen LogP contribution is -2.00. The van der Waals surface area contributed by atoms with E-state index in [2.05, 4.69) is 52.9 Å². The topological polar surface area (TPSA) is 27.1 Å². The Morgan fingerprint density at radius 3 is 2.52 bits per heavy atom. The van der Waals surface area contributed by atoms with Gasteiger partial charge in [-0.25, -0.2) is 4.98 Å². The predicted molar refractivity (Wildman–Crippen MR) is 93.6 cm³/mol. The second kappa shape index (κ2) is 7.63. The number of unbranched alkanes of at least 4 members (excludes halogenated alkanes) is 1. The summed E-state index contributed by atoms with van der Waals surface area (Å²) >= 11 is 0. The van der Waals surface area contributed by atoms with Gasteiger partial charge in [-0.05, 0) is 36.2 Å². The van der Waals surface area contributed by atoms with E-state index in [9.17, 15) is 0 Å². The zero-order valence-corrected chi connectivity index (χ0v) is 13.5. The standard InChI is InChI=1S/C20H22N2O/c1-2-3-13-23-19-11-9-18(10-12-19)20-14-21-16-22(20)15-17-7-5-4-6-8-17/h4-12,14,16H,2-3,13,15H2,1H3. The van der Waals surface area contributed by atoms with E-state index in [0.29, 0.717) is 0 Å². The van der Waals surface area contributed by atoms with Gasteiger partial charge in [0.15, 0.2) is 0 Å². The lowest BCUT2D eigenvalue weighted by atomic mass is 10.1. The van der Waals surface area contributed by atoms with Crippen molar-refractivity contribution in [1.82, 2.24) is 9.55 Å². The van der Waals surface area contributed by atoms with Gasteiger partial charge in [0.05, 0.1) is 24.8 Å². The number of hydrogen-bond donors (Lipinski definition) is 0. The Balaban J connectivity index is 1.73. The third kappa shape index (κ3) is 4.01. The Kier molecular flexibility index (Phi) is 5.09. The molecule has 3 rings (SSSR count). The van der Waals surface area contributed by atoms with Crippen LogP contribution in [0, 0.1) is 0 Å². The van der Waals surface area contributed by atoms with E-state index in [1.165, 1.54) is 5.56 Å². The molecule has 0 spiro atoms. The quantitative estimate of drug-likeness (QED) is 0.587. The van der Waals surface area contributed by atoms with Crippen molar-refractivity contribution in [3.8, 4) is 17.0 Å². The molecule has 0 fully saturated rings. The second-order valence-corrected chi connectivity index (χ2v) is 5.62. The Morgan fingerprint density at radius 2 is 1.78 bits per heavy atom. The minimum absolute atomic E-state index is 0.780. The van der Waals surface area contributed by atoms with Crippen LogP contribution in [0.25, 0.3) is 11.3 Å². The number of ether oxygens (including phenoxy) is 1. The van der Waals surface area contributed by atoms with Gasteiger partial charge in [-0.2, -0.15) is 0 Å². The van der Waals surface area contributed by atoms with Crippen molar-refractivity contribution < 1.29 is 4.74 Å². The molecule has 0 bridgehead atoms. The van der Waals surface area contributed by atoms with E-state index in [1.807, 2.05) is 30.7 Å². The normalized spacial score (nSPS) is 10.7. The lowest BCUT2D eigenvalue weighted by Gasteiger charge is -2.10. The van der Waals surface area contributed by atoms with Crippen LogP contribution in [0.15, 0.2) is 67.1 Å². The summed E-state index contributed by atoms with van der Waals surface area (Å²) in [5.41, 5.74) is 3.54. The van der Waals surface area contributed by atoms with E-state index in [0.717, 1.165) is 43.0 Å². The number of aromatic nitrogens is 2. The molecule has 118 valence electrons. The smallest absolute Gasteiger partial charge is 0.119 e. The average molecular weight is 306 g/mol. The fraction of sp³-hybridized carbons (Fsp3) is 0.250. The monoisotopic (exact) mass is 306 g/mol. The number of hydrogen-bond acceptors (Lipinski definition) is 2. The molecule has 0 aliphatic carbocycles. The highest BCUT2D eigenvalue weighted by atomic mass is 16.5. The summed E-state index contributed by atoms with van der Waals surface area (Å²) in [5, 5.41) is 0. The van der Waals surface area contributed by atoms with E-state index >= 15 is 0 Å². The lowest BCUT2D eigenvalue weighted by molar-refractivity contribution is 0.309. The van der Waals surface area contributed by atoms with Gasteiger partial charge in [0, 0.05) is 12.1 Å². The van der Waals surface area contributed by atoms with Gasteiger partial charge < -0.3 is 9.30 Å². The van der Waals surface area contributed by atoms with E-state index in [1.54, 1.807) is 0 Å². The summed E-state index contributed by atoms with van der Waals surface area (Å²) in [6.45, 7) is 3.77. The van der Waals surface area contributed by atoms with E-state index < -0.39 is 0 Å². The second-order valence-electron chi connectivity index (χ2n) is 5.62. The first-order chi connectivity index (χ1) is 11.4. The van der Waals surface area contributed by atoms with Crippen molar-refractivity contribution in [3.05, 3.63) is 72.7 Å². The highest BCUT2D eigenvalue weighted by molar-refractivity contribution is 5.60. The molecular formula is C20H22N2O. The van der Waals surface area contributed by atoms with Gasteiger partial charge >= 0.3 is 0 Å². The molecule has 0 aliphatic heterocycles. The van der Waals surface area contributed by atoms with E-state index in [4.69, 9.17) is 4.74 Å². The summed E-state index contributed by atoms with van der Waals surface area (Å²) < 4.78 is 7.89. The molecule has 3 aromatic rings. The molecule has 3 nitrogen and oxygen atoms in total. The third-order valence-corrected chi connectivity index (χ3v) is 3.82. The molecule has 0 amide bonds. The first kappa shape index (κ1) is 15.3. The van der Waals surface area contributed by atoms with Crippen LogP contribution in [0.4, 0.5) is 0 Å². The van der Waals surface area contributed by atoms with E-state index in [-0.39, 0.29) is 0 Å². The zero-order valence-electron chi connectivity index (χ0n) is 13.5. The molecule has 3 heteroatoms. The third-order valence-electron chi connectivity index (χ3n) is 3.82. The number of benzene rings is 2. The maximum absolute atomic E-state index is 5.72. The van der Waals surface area contributed by atoms with Crippen LogP contribution in [-0.2, 0) is 6.54 Å². The molecule has 0 unspecified atom stereocenters. The van der Waals surface area contributed by atoms with Gasteiger partial charge in [0.1, 0.15) is 5.75 Å². The predicted octanol–water partition coefficient (Wildman–Crippen LogP) is 4.78. The molecule has 2 aromatic carbocycles. The van der Waals surface area contributed by atoms with Crippen LogP contribution in [0.2, 0.25) is 0 Å². The zero-order chi connectivity index (χ0) is 15.9. The van der Waals surface area contributed by atoms with Crippen molar-refractivity contribution in [1.29, 1.82) is 0 Å². The molecular weight excluding hydrogens is 284 g/mol. The Morgan fingerprint density at radius 1 is 1.00 bits per heavy atom. The molecule has 1 aromatic heterocycles. The maximum atomic E-state index is 5.72. The molecule has 0 saturated carbocycles. The van der Waals surface area contributed by atoms with Crippen LogP contribution in [0.1, 0.15) is 25.3 Å². The van der Waals surface area contributed by atoms with Gasteiger partial charge in [0.2, 0.25) is 0 Å². The van der Waals surface area contributed by atoms with Crippen molar-refractivity contribution in [2.45, 2.75) is 26.3 Å². The molecule has 0 N–H and O–H groups in total. The highest BCUT2D eigenvalue weighted by Crippen LogP contribution is 2.23. The Labute approximate surface area is 137 Å². The SMILES string of the molecule is CCCCOc1ccc(-c2cncn2Cc2ccccc2)cc1. The van der Waals surface area contributed by atoms with Gasteiger partial charge in [-0.1, -0.05) is 43.7 Å². The van der Waals surface area contributed by atoms with Crippen LogP contribution in [0.3, 0.4) is 0 Å². The Bertz CT molecular complexity index is 717. The highest BCUT2D eigenvalue weighted by Gasteiger charge is 2.06. The summed E-state index contributed by atoms with van der Waals surface area (Å²) in [6, 6.07) is 18.7. The fourth-order valence-corrected chi connectivity index (χ4v) is 2.52. The molecule has 0 saturated heterocycles. The molecule has 0 aliphatic rings. The summed E-state index contributed by atoms with van der Waals surface area (Å²) in [6.07, 6.45) is 6.03. The van der Waals surface area contributed by atoms with Crippen molar-refractivity contribution in [2.75, 3.05) is 6.61 Å². The van der Waals surface area contributed by atoms with Crippen LogP contribution in [0.5, 0.6) is 5.75 Å². The average Bonchev–Trinajstić information content (AvgIpc) is 3.05. The minimum atomic E-state index is 0.780. The first-order valence-electron chi connectivity index (χ1n) is 8.14. The van der Waals surface area contributed by atoms with Crippen LogP contribution in [-0.4, -0.2) is 16.2 Å². The van der Waals surface area contributed by atoms with Crippen molar-refractivity contribution >= 4 is 0 Å². The number of nitrogens with zero attached hydrogens (tertiary/aromatic N) is 2. The van der Waals surface area contributed by atoms with Crippen molar-refractivity contribution in [2.24, 2.45) is 0 Å². The molecule has 0 atom stereocenters. The van der Waals surface area contributed by atoms with Gasteiger partial charge in [-0.3, -0.25) is 0 Å². The van der Waals surface area contributed by atoms with Gasteiger partial charge in [0.25, 0.3) is 0 Å². The summed E-state index contributed by atoms with van der Waals surface area (Å²) in [5.74, 6) is 0.927. The fourth-order valence-electron chi connectivity index (χ4n) is 2.52. The molecule has 1 heterocycles. The first-order valence-corrected chi connectivity index (χ1v) is 8.14. The summed E-state index contributed by atoms with van der Waals surface area (Å²) in [7, 11) is 0.